The number of hydrogen-bond acceptors (Lipinski definition) is 18. The Morgan fingerprint density at radius 1 is 0.344 bits per heavy atom. The van der Waals surface area contributed by atoms with Gasteiger partial charge in [0.2, 0.25) is 5.91 Å². The number of aliphatic hydroxyl groups excluding tert-OH is 11. The van der Waals surface area contributed by atoms with Crippen LogP contribution in [0.25, 0.3) is 0 Å². The molecule has 0 bridgehead atoms. The maximum absolute atomic E-state index is 13.5. The largest absolute Gasteiger partial charge is 0.394 e. The number of amides is 1. The third-order valence-electron chi connectivity index (χ3n) is 19.9. The van der Waals surface area contributed by atoms with E-state index in [4.69, 9.17) is 28.4 Å². The molecule has 0 saturated carbocycles. The Morgan fingerprint density at radius 2 is 0.613 bits per heavy atom. The minimum atomic E-state index is -1.97. The van der Waals surface area contributed by atoms with E-state index in [9.17, 15) is 61.0 Å². The zero-order chi connectivity index (χ0) is 67.5. The molecule has 3 aliphatic rings. The molecule has 552 valence electrons. The number of hydrogen-bond donors (Lipinski definition) is 12. The van der Waals surface area contributed by atoms with E-state index in [-0.39, 0.29) is 18.9 Å². The van der Waals surface area contributed by atoms with Crippen LogP contribution >= 0.6 is 0 Å². The summed E-state index contributed by atoms with van der Waals surface area (Å²) < 4.78 is 34.5. The third kappa shape index (κ3) is 37.7. The summed E-state index contributed by atoms with van der Waals surface area (Å²) >= 11 is 0. The van der Waals surface area contributed by atoms with Crippen molar-refractivity contribution in [3.05, 3.63) is 0 Å². The van der Waals surface area contributed by atoms with E-state index in [1.54, 1.807) is 0 Å². The van der Waals surface area contributed by atoms with Gasteiger partial charge in [-0.25, -0.2) is 0 Å². The van der Waals surface area contributed by atoms with Crippen LogP contribution in [0.3, 0.4) is 0 Å². The highest BCUT2D eigenvalue weighted by Crippen LogP contribution is 2.33. The highest BCUT2D eigenvalue weighted by atomic mass is 16.8. The van der Waals surface area contributed by atoms with E-state index in [2.05, 4.69) is 19.2 Å². The Labute approximate surface area is 563 Å². The maximum Gasteiger partial charge on any atom is 0.220 e. The Kier molecular flexibility index (Phi) is 52.3. The van der Waals surface area contributed by atoms with Crippen LogP contribution in [-0.4, -0.2) is 193 Å². The lowest BCUT2D eigenvalue weighted by molar-refractivity contribution is -0.379. The molecule has 0 aliphatic carbocycles. The van der Waals surface area contributed by atoms with Crippen molar-refractivity contribution in [2.45, 2.75) is 439 Å². The van der Waals surface area contributed by atoms with Crippen molar-refractivity contribution in [3.8, 4) is 0 Å². The fourth-order valence-electron chi connectivity index (χ4n) is 13.7. The van der Waals surface area contributed by atoms with Crippen LogP contribution in [-0.2, 0) is 33.2 Å². The Morgan fingerprint density at radius 3 is 0.935 bits per heavy atom. The number of rotatable bonds is 62. The molecular formula is C74H143NO18. The number of aliphatic hydroxyl groups is 11. The van der Waals surface area contributed by atoms with E-state index in [0.29, 0.717) is 12.8 Å². The second-order valence-corrected chi connectivity index (χ2v) is 28.2. The first-order valence-corrected chi connectivity index (χ1v) is 38.8. The molecule has 0 spiro atoms. The van der Waals surface area contributed by atoms with Gasteiger partial charge in [-0.1, -0.05) is 316 Å². The lowest BCUT2D eigenvalue weighted by atomic mass is 9.96. The summed E-state index contributed by atoms with van der Waals surface area (Å²) in [7, 11) is 0. The molecule has 0 aromatic carbocycles. The van der Waals surface area contributed by atoms with E-state index in [1.165, 1.54) is 257 Å². The molecule has 1 amide bonds. The predicted molar refractivity (Wildman–Crippen MR) is 365 cm³/mol. The standard InChI is InChI=1S/C74H143NO18/c1-3-5-7-9-11-13-15-17-19-21-23-25-26-27-28-29-30-32-34-36-38-40-42-44-46-48-50-52-62(80)75-57(58(79)51-49-47-45-43-41-39-37-35-33-31-24-22-20-18-16-14-12-10-8-6-4-2)56-88-72-68(86)65(83)70(60(54-77)90-72)93-74-69(87)66(84)71(61(55-78)91-74)92-73-67(85)64(82)63(81)59(53-76)89-73/h57-61,63-74,76-79,81-87H,3-56H2,1-2H3,(H,75,80). The summed E-state index contributed by atoms with van der Waals surface area (Å²) in [4.78, 5) is 13.5. The van der Waals surface area contributed by atoms with Gasteiger partial charge in [-0.3, -0.25) is 4.79 Å². The average Bonchev–Trinajstić information content (AvgIpc) is 0.902. The summed E-state index contributed by atoms with van der Waals surface area (Å²) in [6.07, 6.45) is 36.2. The molecule has 3 saturated heterocycles. The van der Waals surface area contributed by atoms with Crippen LogP contribution in [0.4, 0.5) is 0 Å². The minimum Gasteiger partial charge on any atom is -0.394 e. The molecule has 93 heavy (non-hydrogen) atoms. The average molecular weight is 1330 g/mol. The summed E-state index contributed by atoms with van der Waals surface area (Å²) in [6, 6.07) is -0.883. The fraction of sp³-hybridized carbons (Fsp3) is 0.986. The van der Waals surface area contributed by atoms with E-state index in [0.717, 1.165) is 44.9 Å². The van der Waals surface area contributed by atoms with Crippen molar-refractivity contribution in [3.63, 3.8) is 0 Å². The SMILES string of the molecule is CCCCCCCCCCCCCCCCCCCCCCCCCCCCCC(=O)NC(COC1OC(CO)C(OC2OC(CO)C(OC3OC(CO)C(O)C(O)C3O)C(O)C2O)C(O)C1O)C(O)CCCCCCCCCCCCCCCCCCCCCCC. The van der Waals surface area contributed by atoms with Crippen LogP contribution in [0.2, 0.25) is 0 Å². The summed E-state index contributed by atoms with van der Waals surface area (Å²) in [5, 5.41) is 121. The molecule has 0 aromatic rings. The van der Waals surface area contributed by atoms with Gasteiger partial charge in [0, 0.05) is 6.42 Å². The quantitative estimate of drug-likeness (QED) is 0.0252. The fourth-order valence-corrected chi connectivity index (χ4v) is 13.7. The lowest BCUT2D eigenvalue weighted by Crippen LogP contribution is -2.66. The van der Waals surface area contributed by atoms with Crippen molar-refractivity contribution in [2.75, 3.05) is 26.4 Å². The van der Waals surface area contributed by atoms with Crippen LogP contribution < -0.4 is 5.32 Å². The molecule has 12 N–H and O–H groups in total. The van der Waals surface area contributed by atoms with Gasteiger partial charge in [0.1, 0.15) is 73.2 Å². The van der Waals surface area contributed by atoms with Crippen molar-refractivity contribution in [1.29, 1.82) is 0 Å². The molecule has 17 unspecified atom stereocenters. The van der Waals surface area contributed by atoms with Crippen molar-refractivity contribution < 1.29 is 89.4 Å². The smallest absolute Gasteiger partial charge is 0.220 e. The van der Waals surface area contributed by atoms with E-state index in [1.807, 2.05) is 0 Å². The number of ether oxygens (including phenoxy) is 6. The zero-order valence-corrected chi connectivity index (χ0v) is 58.8. The molecule has 0 aromatic heterocycles. The molecule has 3 rings (SSSR count). The lowest BCUT2D eigenvalue weighted by Gasteiger charge is -2.48. The second kappa shape index (κ2) is 56.5. The Balaban J connectivity index is 1.38. The van der Waals surface area contributed by atoms with Gasteiger partial charge in [-0.2, -0.15) is 0 Å². The predicted octanol–water partition coefficient (Wildman–Crippen LogP) is 11.8. The van der Waals surface area contributed by atoms with E-state index >= 15 is 0 Å². The normalized spacial score (nSPS) is 27.4. The van der Waals surface area contributed by atoms with Gasteiger partial charge >= 0.3 is 0 Å². The number of carbonyl (C=O) groups excluding carboxylic acids is 1. The molecular weight excluding hydrogens is 1190 g/mol. The number of carbonyl (C=O) groups is 1. The van der Waals surface area contributed by atoms with Gasteiger partial charge < -0.3 is 89.9 Å². The summed E-state index contributed by atoms with van der Waals surface area (Å²) in [5.74, 6) is -0.233. The molecule has 0 radical (unpaired) electrons. The molecule has 19 heteroatoms. The Hall–Kier alpha value is -1.21. The highest BCUT2D eigenvalue weighted by molar-refractivity contribution is 5.76. The van der Waals surface area contributed by atoms with Crippen LogP contribution in [0.15, 0.2) is 0 Å². The van der Waals surface area contributed by atoms with E-state index < -0.39 is 124 Å². The molecule has 3 aliphatic heterocycles. The molecule has 19 nitrogen and oxygen atoms in total. The van der Waals surface area contributed by atoms with Crippen LogP contribution in [0.1, 0.15) is 335 Å². The first kappa shape index (κ1) is 86.0. The molecule has 17 atom stereocenters. The van der Waals surface area contributed by atoms with Gasteiger partial charge in [0.25, 0.3) is 0 Å². The van der Waals surface area contributed by atoms with Crippen molar-refractivity contribution >= 4 is 5.91 Å². The van der Waals surface area contributed by atoms with Crippen LogP contribution in [0.5, 0.6) is 0 Å². The molecule has 3 fully saturated rings. The number of nitrogens with one attached hydrogen (secondary N) is 1. The second-order valence-electron chi connectivity index (χ2n) is 28.2. The van der Waals surface area contributed by atoms with Crippen LogP contribution in [0, 0.1) is 0 Å². The monoisotopic (exact) mass is 1330 g/mol. The van der Waals surface area contributed by atoms with Crippen molar-refractivity contribution in [1.82, 2.24) is 5.32 Å². The third-order valence-corrected chi connectivity index (χ3v) is 19.9. The van der Waals surface area contributed by atoms with Gasteiger partial charge in [0.05, 0.1) is 38.6 Å². The maximum atomic E-state index is 13.5. The number of unbranched alkanes of at least 4 members (excludes halogenated alkanes) is 46. The van der Waals surface area contributed by atoms with Gasteiger partial charge in [0.15, 0.2) is 18.9 Å². The minimum absolute atomic E-state index is 0.233. The zero-order valence-electron chi connectivity index (χ0n) is 58.8. The Bertz CT molecular complexity index is 1690. The topological polar surface area (TPSA) is 307 Å². The summed E-state index contributed by atoms with van der Waals surface area (Å²) in [5.41, 5.74) is 0. The first-order chi connectivity index (χ1) is 45.3. The first-order valence-electron chi connectivity index (χ1n) is 38.8. The van der Waals surface area contributed by atoms with Gasteiger partial charge in [-0.15, -0.1) is 0 Å². The van der Waals surface area contributed by atoms with Gasteiger partial charge in [-0.05, 0) is 12.8 Å². The summed E-state index contributed by atoms with van der Waals surface area (Å²) in [6.45, 7) is 1.87. The van der Waals surface area contributed by atoms with Crippen molar-refractivity contribution in [2.24, 2.45) is 0 Å². The molecule has 3 heterocycles. The highest BCUT2D eigenvalue weighted by Gasteiger charge is 2.54.